The Morgan fingerprint density at radius 2 is 2.09 bits per heavy atom. The van der Waals surface area contributed by atoms with Crippen LogP contribution in [0, 0.1) is 0 Å². The highest BCUT2D eigenvalue weighted by molar-refractivity contribution is 5.98. The smallest absolute Gasteiger partial charge is 0.253 e. The monoisotopic (exact) mass is 299 g/mol. The summed E-state index contributed by atoms with van der Waals surface area (Å²) in [5, 5.41) is 13.0. The minimum Gasteiger partial charge on any atom is -0.506 e. The topological polar surface area (TPSA) is 87.2 Å². The van der Waals surface area contributed by atoms with E-state index in [1.165, 1.54) is 6.20 Å². The molecule has 0 atom stereocenters. The summed E-state index contributed by atoms with van der Waals surface area (Å²) in [6, 6.07) is 3.55. The third-order valence-electron chi connectivity index (χ3n) is 4.72. The van der Waals surface area contributed by atoms with Gasteiger partial charge in [0.15, 0.2) is 0 Å². The second-order valence-electron chi connectivity index (χ2n) is 5.94. The summed E-state index contributed by atoms with van der Waals surface area (Å²) in [5.41, 5.74) is 2.93. The number of carbonyl (C=O) groups is 1. The number of ether oxygens (including phenoxy) is 1. The molecule has 4 rings (SSSR count). The van der Waals surface area contributed by atoms with Crippen LogP contribution in [0.4, 0.5) is 0 Å². The molecule has 1 spiro atoms. The number of nitrogens with zero attached hydrogens (tertiary/aromatic N) is 1. The van der Waals surface area contributed by atoms with Crippen molar-refractivity contribution in [3.63, 3.8) is 0 Å². The SMILES string of the molecule is O=C1NCC2(CCOCC2)c2[nH]c(-c3ccncc3O)cc21. The number of rotatable bonds is 1. The molecule has 1 saturated heterocycles. The van der Waals surface area contributed by atoms with Crippen molar-refractivity contribution < 1.29 is 14.6 Å². The Balaban J connectivity index is 1.84. The van der Waals surface area contributed by atoms with Gasteiger partial charge in [0.25, 0.3) is 5.91 Å². The highest BCUT2D eigenvalue weighted by atomic mass is 16.5. The number of carbonyl (C=O) groups excluding carboxylic acids is 1. The van der Waals surface area contributed by atoms with Crippen molar-refractivity contribution in [2.75, 3.05) is 19.8 Å². The van der Waals surface area contributed by atoms with Crippen molar-refractivity contribution in [2.45, 2.75) is 18.3 Å². The molecule has 114 valence electrons. The minimum atomic E-state index is -0.0948. The number of hydrogen-bond acceptors (Lipinski definition) is 4. The molecule has 0 bridgehead atoms. The Kier molecular flexibility index (Phi) is 2.94. The zero-order valence-corrected chi connectivity index (χ0v) is 12.1. The molecule has 3 N–H and O–H groups in total. The van der Waals surface area contributed by atoms with Gasteiger partial charge in [0.05, 0.1) is 17.5 Å². The summed E-state index contributed by atoms with van der Waals surface area (Å²) in [4.78, 5) is 19.5. The molecule has 6 heteroatoms. The van der Waals surface area contributed by atoms with Gasteiger partial charge in [0.1, 0.15) is 5.75 Å². The highest BCUT2D eigenvalue weighted by Crippen LogP contribution is 2.40. The number of aromatic hydroxyl groups is 1. The fourth-order valence-corrected chi connectivity index (χ4v) is 3.43. The van der Waals surface area contributed by atoms with E-state index in [0.29, 0.717) is 30.9 Å². The van der Waals surface area contributed by atoms with Crippen LogP contribution in [0.1, 0.15) is 28.9 Å². The zero-order valence-electron chi connectivity index (χ0n) is 12.1. The molecule has 0 radical (unpaired) electrons. The molecular weight excluding hydrogens is 282 g/mol. The first-order chi connectivity index (χ1) is 10.7. The van der Waals surface area contributed by atoms with E-state index in [1.807, 2.05) is 6.07 Å². The number of nitrogens with one attached hydrogen (secondary N) is 2. The summed E-state index contributed by atoms with van der Waals surface area (Å²) in [6.45, 7) is 2.03. The van der Waals surface area contributed by atoms with E-state index in [1.54, 1.807) is 12.3 Å². The van der Waals surface area contributed by atoms with E-state index in [2.05, 4.69) is 15.3 Å². The molecule has 2 aliphatic heterocycles. The summed E-state index contributed by atoms with van der Waals surface area (Å²) < 4.78 is 5.47. The number of amides is 1. The fourth-order valence-electron chi connectivity index (χ4n) is 3.43. The van der Waals surface area contributed by atoms with Gasteiger partial charge < -0.3 is 20.1 Å². The number of hydrogen-bond donors (Lipinski definition) is 3. The molecular formula is C16H17N3O3. The maximum atomic E-state index is 12.2. The summed E-state index contributed by atoms with van der Waals surface area (Å²) in [6.07, 6.45) is 4.78. The quantitative estimate of drug-likeness (QED) is 0.746. The molecule has 6 nitrogen and oxygen atoms in total. The normalized spacial score (nSPS) is 19.7. The van der Waals surface area contributed by atoms with Crippen LogP contribution in [-0.4, -0.2) is 40.7 Å². The van der Waals surface area contributed by atoms with Gasteiger partial charge in [0, 0.05) is 42.6 Å². The number of aromatic amines is 1. The molecule has 4 heterocycles. The number of aromatic nitrogens is 2. The van der Waals surface area contributed by atoms with E-state index in [9.17, 15) is 9.90 Å². The third kappa shape index (κ3) is 1.91. The van der Waals surface area contributed by atoms with Gasteiger partial charge in [0.2, 0.25) is 0 Å². The van der Waals surface area contributed by atoms with E-state index < -0.39 is 0 Å². The van der Waals surface area contributed by atoms with Crippen molar-refractivity contribution in [1.29, 1.82) is 0 Å². The van der Waals surface area contributed by atoms with Gasteiger partial charge in [-0.2, -0.15) is 0 Å². The lowest BCUT2D eigenvalue weighted by atomic mass is 9.74. The molecule has 0 aliphatic carbocycles. The molecule has 1 amide bonds. The van der Waals surface area contributed by atoms with E-state index in [-0.39, 0.29) is 17.1 Å². The van der Waals surface area contributed by atoms with Crippen molar-refractivity contribution in [1.82, 2.24) is 15.3 Å². The number of H-pyrrole nitrogens is 1. The largest absolute Gasteiger partial charge is 0.506 e. The van der Waals surface area contributed by atoms with Crippen molar-refractivity contribution in [3.8, 4) is 17.0 Å². The third-order valence-corrected chi connectivity index (χ3v) is 4.72. The molecule has 1 fully saturated rings. The van der Waals surface area contributed by atoms with Crippen LogP contribution < -0.4 is 5.32 Å². The average Bonchev–Trinajstić information content (AvgIpc) is 3.00. The Labute approximate surface area is 127 Å². The van der Waals surface area contributed by atoms with Crippen LogP contribution in [0.2, 0.25) is 0 Å². The molecule has 0 saturated carbocycles. The van der Waals surface area contributed by atoms with Crippen LogP contribution >= 0.6 is 0 Å². The average molecular weight is 299 g/mol. The van der Waals surface area contributed by atoms with Crippen molar-refractivity contribution >= 4 is 5.91 Å². The van der Waals surface area contributed by atoms with Crippen LogP contribution in [-0.2, 0) is 10.2 Å². The highest BCUT2D eigenvalue weighted by Gasteiger charge is 2.42. The summed E-state index contributed by atoms with van der Waals surface area (Å²) in [5.74, 6) is 0.0331. The lowest BCUT2D eigenvalue weighted by Gasteiger charge is -2.40. The van der Waals surface area contributed by atoms with Gasteiger partial charge in [-0.3, -0.25) is 9.78 Å². The summed E-state index contributed by atoms with van der Waals surface area (Å²) in [7, 11) is 0. The maximum Gasteiger partial charge on any atom is 0.253 e. The molecule has 2 aromatic rings. The van der Waals surface area contributed by atoms with Gasteiger partial charge in [-0.1, -0.05) is 0 Å². The summed E-state index contributed by atoms with van der Waals surface area (Å²) >= 11 is 0. The van der Waals surface area contributed by atoms with Crippen molar-refractivity contribution in [2.24, 2.45) is 0 Å². The Hall–Kier alpha value is -2.34. The van der Waals surface area contributed by atoms with Gasteiger partial charge in [-0.05, 0) is 25.0 Å². The number of fused-ring (bicyclic) bond motifs is 2. The fraction of sp³-hybridized carbons (Fsp3) is 0.375. The predicted molar refractivity (Wildman–Crippen MR) is 79.8 cm³/mol. The van der Waals surface area contributed by atoms with Gasteiger partial charge in [-0.25, -0.2) is 0 Å². The lowest BCUT2D eigenvalue weighted by molar-refractivity contribution is 0.0442. The van der Waals surface area contributed by atoms with Crippen LogP contribution in [0.3, 0.4) is 0 Å². The standard InChI is InChI=1S/C16H17N3O3/c20-13-8-17-4-1-10(13)12-7-11-14(19-12)16(9-18-15(11)21)2-5-22-6-3-16/h1,4,7-8,19-20H,2-3,5-6,9H2,(H,18,21). The molecule has 2 aromatic heterocycles. The van der Waals surface area contributed by atoms with Crippen molar-refractivity contribution in [3.05, 3.63) is 35.8 Å². The maximum absolute atomic E-state index is 12.2. The Morgan fingerprint density at radius 1 is 1.27 bits per heavy atom. The van der Waals surface area contributed by atoms with E-state index in [0.717, 1.165) is 24.2 Å². The predicted octanol–water partition coefficient (Wildman–Crippen LogP) is 1.57. The molecule has 2 aliphatic rings. The Bertz CT molecular complexity index is 732. The van der Waals surface area contributed by atoms with E-state index in [4.69, 9.17) is 4.74 Å². The first kappa shape index (κ1) is 13.3. The zero-order chi connectivity index (χ0) is 15.2. The molecule has 0 aromatic carbocycles. The first-order valence-corrected chi connectivity index (χ1v) is 7.42. The number of pyridine rings is 1. The molecule has 22 heavy (non-hydrogen) atoms. The first-order valence-electron chi connectivity index (χ1n) is 7.42. The van der Waals surface area contributed by atoms with Crippen LogP contribution in [0.15, 0.2) is 24.5 Å². The Morgan fingerprint density at radius 3 is 2.86 bits per heavy atom. The minimum absolute atomic E-state index is 0.0665. The second-order valence-corrected chi connectivity index (χ2v) is 5.94. The lowest BCUT2D eigenvalue weighted by Crippen LogP contribution is -2.49. The van der Waals surface area contributed by atoms with Gasteiger partial charge >= 0.3 is 0 Å². The second kappa shape index (κ2) is 4.84. The van der Waals surface area contributed by atoms with Gasteiger partial charge in [-0.15, -0.1) is 0 Å². The van der Waals surface area contributed by atoms with Crippen LogP contribution in [0.25, 0.3) is 11.3 Å². The van der Waals surface area contributed by atoms with E-state index >= 15 is 0 Å². The molecule has 0 unspecified atom stereocenters. The van der Waals surface area contributed by atoms with Crippen LogP contribution in [0.5, 0.6) is 5.75 Å².